The van der Waals surface area contributed by atoms with Gasteiger partial charge in [-0.05, 0) is 51.5 Å². The van der Waals surface area contributed by atoms with E-state index >= 15 is 0 Å². The molecule has 0 radical (unpaired) electrons. The van der Waals surface area contributed by atoms with Crippen LogP contribution in [0.15, 0.2) is 12.4 Å². The number of aryl methyl sites for hydroxylation is 1. The van der Waals surface area contributed by atoms with Gasteiger partial charge in [0.05, 0.1) is 16.6 Å². The molecule has 2 aromatic rings. The van der Waals surface area contributed by atoms with Crippen LogP contribution in [-0.4, -0.2) is 32.7 Å². The Bertz CT molecular complexity index is 935. The van der Waals surface area contributed by atoms with Gasteiger partial charge in [0, 0.05) is 4.88 Å². The first kappa shape index (κ1) is 21.0. The minimum atomic E-state index is -0.777. The molecule has 0 saturated heterocycles. The highest BCUT2D eigenvalue weighted by Gasteiger charge is 2.29. The summed E-state index contributed by atoms with van der Waals surface area (Å²) in [5, 5.41) is 18.0. The Morgan fingerprint density at radius 2 is 2.10 bits per heavy atom. The molecule has 3 rings (SSSR count). The van der Waals surface area contributed by atoms with Crippen LogP contribution in [0.2, 0.25) is 0 Å². The molecule has 0 spiro atoms. The van der Waals surface area contributed by atoms with Gasteiger partial charge in [0.15, 0.2) is 0 Å². The lowest BCUT2D eigenvalue weighted by atomic mass is 9.95. The number of hydrogen-bond donors (Lipinski definition) is 1. The zero-order valence-corrected chi connectivity index (χ0v) is 17.5. The van der Waals surface area contributed by atoms with E-state index in [1.807, 2.05) is 13.8 Å². The summed E-state index contributed by atoms with van der Waals surface area (Å²) in [6.45, 7) is 5.37. The summed E-state index contributed by atoms with van der Waals surface area (Å²) >= 11 is 1.41. The first-order valence-corrected chi connectivity index (χ1v) is 10.5. The number of esters is 1. The largest absolute Gasteiger partial charge is 0.459 e. The zero-order chi connectivity index (χ0) is 21.1. The molecule has 2 atom stereocenters. The minimum Gasteiger partial charge on any atom is -0.459 e. The fourth-order valence-electron chi connectivity index (χ4n) is 3.17. The number of fused-ring (bicyclic) bond motifs is 1. The number of rotatable bonds is 7. The molecule has 29 heavy (non-hydrogen) atoms. The molecular formula is C19H24N4O5S. The second-order valence-corrected chi connectivity index (χ2v) is 8.25. The maximum atomic E-state index is 12.8. The molecule has 0 saturated carbocycles. The molecule has 0 bridgehead atoms. The number of aromatic nitrogens is 2. The molecule has 2 heterocycles. The minimum absolute atomic E-state index is 0.186. The summed E-state index contributed by atoms with van der Waals surface area (Å²) in [6.07, 6.45) is 6.50. The average molecular weight is 420 g/mol. The van der Waals surface area contributed by atoms with Crippen molar-refractivity contribution in [2.24, 2.45) is 0 Å². The standard InChI is InChI=1S/C19H24N4O5S/c1-4-11(2)28-19(25)16-14-7-5-6-8-15(14)29-18(16)21-17(24)12(3)22-10-13(9-20-22)23(26)27/h9-12H,4-8H2,1-3H3,(H,21,24). The summed E-state index contributed by atoms with van der Waals surface area (Å²) < 4.78 is 6.77. The quantitative estimate of drug-likeness (QED) is 0.413. The monoisotopic (exact) mass is 420 g/mol. The number of amides is 1. The smallest absolute Gasteiger partial charge is 0.341 e. The first-order valence-electron chi connectivity index (χ1n) is 9.66. The molecule has 0 aromatic carbocycles. The molecule has 1 aliphatic rings. The lowest BCUT2D eigenvalue weighted by Crippen LogP contribution is -2.25. The second kappa shape index (κ2) is 8.73. The van der Waals surface area contributed by atoms with Crippen LogP contribution in [0.4, 0.5) is 10.7 Å². The lowest BCUT2D eigenvalue weighted by molar-refractivity contribution is -0.385. The molecule has 1 amide bonds. The number of thiophene rings is 1. The van der Waals surface area contributed by atoms with Crippen LogP contribution in [0.3, 0.4) is 0 Å². The molecule has 1 aliphatic carbocycles. The molecule has 1 N–H and O–H groups in total. The topological polar surface area (TPSA) is 116 Å². The van der Waals surface area contributed by atoms with Crippen molar-refractivity contribution in [3.63, 3.8) is 0 Å². The van der Waals surface area contributed by atoms with E-state index in [-0.39, 0.29) is 11.8 Å². The van der Waals surface area contributed by atoms with Crippen LogP contribution in [0.5, 0.6) is 0 Å². The SMILES string of the molecule is CCC(C)OC(=O)c1c(NC(=O)C(C)n2cc([N+](=O)[O-])cn2)sc2c1CCCC2. The summed E-state index contributed by atoms with van der Waals surface area (Å²) in [5.74, 6) is -0.824. The number of nitrogens with zero attached hydrogens (tertiary/aromatic N) is 3. The van der Waals surface area contributed by atoms with E-state index in [9.17, 15) is 19.7 Å². The van der Waals surface area contributed by atoms with Crippen LogP contribution >= 0.6 is 11.3 Å². The van der Waals surface area contributed by atoms with E-state index in [2.05, 4.69) is 10.4 Å². The number of nitro groups is 1. The molecule has 0 fully saturated rings. The molecule has 2 unspecified atom stereocenters. The third-order valence-corrected chi connectivity index (χ3v) is 6.28. The Kier molecular flexibility index (Phi) is 6.31. The molecule has 156 valence electrons. The van der Waals surface area contributed by atoms with E-state index in [4.69, 9.17) is 4.74 Å². The van der Waals surface area contributed by atoms with Gasteiger partial charge in [-0.25, -0.2) is 4.79 Å². The highest BCUT2D eigenvalue weighted by molar-refractivity contribution is 7.17. The highest BCUT2D eigenvalue weighted by Crippen LogP contribution is 2.39. The predicted octanol–water partition coefficient (Wildman–Crippen LogP) is 3.89. The number of carbonyl (C=O) groups is 2. The number of ether oxygens (including phenoxy) is 1. The van der Waals surface area contributed by atoms with Gasteiger partial charge in [-0.15, -0.1) is 11.3 Å². The van der Waals surface area contributed by atoms with E-state index in [0.717, 1.165) is 42.3 Å². The van der Waals surface area contributed by atoms with E-state index < -0.39 is 22.8 Å². The maximum absolute atomic E-state index is 12.8. The summed E-state index contributed by atoms with van der Waals surface area (Å²) in [4.78, 5) is 37.0. The molecule has 10 heteroatoms. The van der Waals surface area contributed by atoms with Gasteiger partial charge in [-0.1, -0.05) is 6.92 Å². The van der Waals surface area contributed by atoms with Crippen molar-refractivity contribution in [3.8, 4) is 0 Å². The third kappa shape index (κ3) is 4.47. The average Bonchev–Trinajstić information content (AvgIpc) is 3.31. The van der Waals surface area contributed by atoms with Gasteiger partial charge < -0.3 is 10.1 Å². The fourth-order valence-corrected chi connectivity index (χ4v) is 4.45. The molecule has 2 aromatic heterocycles. The van der Waals surface area contributed by atoms with Crippen LogP contribution < -0.4 is 5.32 Å². The fraction of sp³-hybridized carbons (Fsp3) is 0.526. The Balaban J connectivity index is 1.85. The predicted molar refractivity (Wildman–Crippen MR) is 108 cm³/mol. The van der Waals surface area contributed by atoms with Gasteiger partial charge in [0.25, 0.3) is 0 Å². The Hall–Kier alpha value is -2.75. The summed E-state index contributed by atoms with van der Waals surface area (Å²) in [5.41, 5.74) is 1.22. The Labute approximate surface area is 172 Å². The maximum Gasteiger partial charge on any atom is 0.341 e. The number of nitrogens with one attached hydrogen (secondary N) is 1. The third-order valence-electron chi connectivity index (χ3n) is 5.07. The Morgan fingerprint density at radius 3 is 2.76 bits per heavy atom. The van der Waals surface area contributed by atoms with Crippen molar-refractivity contribution in [1.29, 1.82) is 0 Å². The number of hydrogen-bond acceptors (Lipinski definition) is 7. The van der Waals surface area contributed by atoms with Crippen LogP contribution in [-0.2, 0) is 22.4 Å². The first-order chi connectivity index (χ1) is 13.8. The van der Waals surface area contributed by atoms with Gasteiger partial charge in [0.1, 0.15) is 23.4 Å². The van der Waals surface area contributed by atoms with Crippen LogP contribution in [0.1, 0.15) is 66.9 Å². The van der Waals surface area contributed by atoms with Gasteiger partial charge in [-0.3, -0.25) is 19.6 Å². The zero-order valence-electron chi connectivity index (χ0n) is 16.6. The summed E-state index contributed by atoms with van der Waals surface area (Å²) in [7, 11) is 0. The molecule has 0 aliphatic heterocycles. The van der Waals surface area contributed by atoms with Crippen molar-refractivity contribution >= 4 is 33.9 Å². The van der Waals surface area contributed by atoms with Crippen molar-refractivity contribution in [2.45, 2.75) is 65.0 Å². The Morgan fingerprint density at radius 1 is 1.38 bits per heavy atom. The van der Waals surface area contributed by atoms with Gasteiger partial charge >= 0.3 is 11.7 Å². The molecule has 9 nitrogen and oxygen atoms in total. The highest BCUT2D eigenvalue weighted by atomic mass is 32.1. The van der Waals surface area contributed by atoms with Crippen molar-refractivity contribution < 1.29 is 19.2 Å². The van der Waals surface area contributed by atoms with Crippen LogP contribution in [0, 0.1) is 10.1 Å². The lowest BCUT2D eigenvalue weighted by Gasteiger charge is -2.16. The second-order valence-electron chi connectivity index (χ2n) is 7.14. The van der Waals surface area contributed by atoms with Crippen molar-refractivity contribution in [2.75, 3.05) is 5.32 Å². The summed E-state index contributed by atoms with van der Waals surface area (Å²) in [6, 6.07) is -0.777. The van der Waals surface area contributed by atoms with Crippen molar-refractivity contribution in [3.05, 3.63) is 38.5 Å². The molecular weight excluding hydrogens is 396 g/mol. The van der Waals surface area contributed by atoms with Crippen molar-refractivity contribution in [1.82, 2.24) is 9.78 Å². The van der Waals surface area contributed by atoms with Gasteiger partial charge in [-0.2, -0.15) is 5.10 Å². The number of carbonyl (C=O) groups excluding carboxylic acids is 2. The van der Waals surface area contributed by atoms with E-state index in [1.165, 1.54) is 22.2 Å². The van der Waals surface area contributed by atoms with E-state index in [1.54, 1.807) is 6.92 Å². The van der Waals surface area contributed by atoms with Crippen LogP contribution in [0.25, 0.3) is 0 Å². The van der Waals surface area contributed by atoms with E-state index in [0.29, 0.717) is 17.0 Å². The normalized spacial score (nSPS) is 15.3. The number of anilines is 1. The van der Waals surface area contributed by atoms with Gasteiger partial charge in [0.2, 0.25) is 5.91 Å².